The zero-order valence-electron chi connectivity index (χ0n) is 10.5. The van der Waals surface area contributed by atoms with E-state index in [0.29, 0.717) is 5.56 Å². The molecule has 0 atom stereocenters. The van der Waals surface area contributed by atoms with Crippen molar-refractivity contribution >= 4 is 16.9 Å². The number of aromatic carboxylic acids is 1. The van der Waals surface area contributed by atoms with Gasteiger partial charge in [0.05, 0.1) is 23.8 Å². The van der Waals surface area contributed by atoms with E-state index in [1.54, 1.807) is 10.9 Å². The van der Waals surface area contributed by atoms with Crippen LogP contribution < -0.4 is 0 Å². The number of hydrogen-bond acceptors (Lipinski definition) is 2. The largest absolute Gasteiger partial charge is 0.478 e. The Morgan fingerprint density at radius 2 is 2.05 bits per heavy atom. The number of rotatable bonds is 3. The van der Waals surface area contributed by atoms with Gasteiger partial charge in [0.25, 0.3) is 0 Å². The second kappa shape index (κ2) is 4.77. The van der Waals surface area contributed by atoms with Gasteiger partial charge in [0.15, 0.2) is 0 Å². The van der Waals surface area contributed by atoms with Crippen molar-refractivity contribution in [3.05, 3.63) is 65.6 Å². The fraction of sp³-hybridized carbons (Fsp3) is 0.0667. The number of halogens is 1. The summed E-state index contributed by atoms with van der Waals surface area (Å²) in [5.74, 6) is -1.53. The van der Waals surface area contributed by atoms with Crippen LogP contribution >= 0.6 is 0 Å². The molecule has 1 heterocycles. The van der Waals surface area contributed by atoms with E-state index < -0.39 is 11.8 Å². The maximum Gasteiger partial charge on any atom is 0.336 e. The van der Waals surface area contributed by atoms with Gasteiger partial charge in [-0.05, 0) is 29.8 Å². The molecule has 0 aliphatic heterocycles. The van der Waals surface area contributed by atoms with Gasteiger partial charge in [0.2, 0.25) is 0 Å². The lowest BCUT2D eigenvalue weighted by atomic mass is 10.1. The zero-order valence-corrected chi connectivity index (χ0v) is 10.5. The van der Waals surface area contributed by atoms with Crippen molar-refractivity contribution in [3.8, 4) is 0 Å². The number of nitrogens with zero attached hydrogens (tertiary/aromatic N) is 2. The third kappa shape index (κ3) is 2.14. The van der Waals surface area contributed by atoms with Gasteiger partial charge in [0.1, 0.15) is 5.82 Å². The van der Waals surface area contributed by atoms with Crippen molar-refractivity contribution in [3.63, 3.8) is 0 Å². The van der Waals surface area contributed by atoms with Crippen LogP contribution in [0.1, 0.15) is 15.9 Å². The zero-order chi connectivity index (χ0) is 14.1. The number of benzene rings is 2. The molecule has 1 N–H and O–H groups in total. The average molecular weight is 270 g/mol. The molecule has 0 saturated carbocycles. The maximum atomic E-state index is 13.3. The Morgan fingerprint density at radius 1 is 1.25 bits per heavy atom. The van der Waals surface area contributed by atoms with Crippen molar-refractivity contribution in [2.45, 2.75) is 6.54 Å². The Kier molecular flexibility index (Phi) is 2.95. The molecule has 4 nitrogen and oxygen atoms in total. The summed E-state index contributed by atoms with van der Waals surface area (Å²) >= 11 is 0. The molecule has 0 spiro atoms. The molecule has 0 radical (unpaired) electrons. The molecule has 100 valence electrons. The van der Waals surface area contributed by atoms with Crippen molar-refractivity contribution in [2.24, 2.45) is 0 Å². The first-order chi connectivity index (χ1) is 9.65. The van der Waals surface area contributed by atoms with Crippen molar-refractivity contribution < 1.29 is 14.3 Å². The summed E-state index contributed by atoms with van der Waals surface area (Å²) in [5.41, 5.74) is 1.37. The number of hydrogen-bond donors (Lipinski definition) is 1. The molecular formula is C15H11FN2O2. The second-order valence-corrected chi connectivity index (χ2v) is 4.47. The molecule has 0 unspecified atom stereocenters. The SMILES string of the molecule is O=C(O)c1ccc(F)cc1Cn1ncc2ccccc21. The van der Waals surface area contributed by atoms with E-state index in [-0.39, 0.29) is 12.1 Å². The summed E-state index contributed by atoms with van der Waals surface area (Å²) in [6, 6.07) is 11.3. The van der Waals surface area contributed by atoms with Crippen LogP contribution in [0.25, 0.3) is 10.9 Å². The van der Waals surface area contributed by atoms with E-state index in [1.807, 2.05) is 24.3 Å². The number of aromatic nitrogens is 2. The first-order valence-electron chi connectivity index (χ1n) is 6.07. The Bertz CT molecular complexity index is 795. The first-order valence-corrected chi connectivity index (χ1v) is 6.07. The number of carboxylic acids is 1. The molecule has 0 fully saturated rings. The van der Waals surface area contributed by atoms with Crippen LogP contribution in [0.15, 0.2) is 48.7 Å². The molecule has 0 aliphatic rings. The summed E-state index contributed by atoms with van der Waals surface area (Å²) in [6.45, 7) is 0.215. The highest BCUT2D eigenvalue weighted by atomic mass is 19.1. The third-order valence-corrected chi connectivity index (χ3v) is 3.17. The summed E-state index contributed by atoms with van der Waals surface area (Å²) < 4.78 is 15.0. The van der Waals surface area contributed by atoms with Crippen LogP contribution in [0.3, 0.4) is 0 Å². The fourth-order valence-electron chi connectivity index (χ4n) is 2.21. The molecule has 0 saturated heterocycles. The highest BCUT2D eigenvalue weighted by Gasteiger charge is 2.12. The Balaban J connectivity index is 2.07. The predicted molar refractivity (Wildman–Crippen MR) is 72.2 cm³/mol. The molecule has 5 heteroatoms. The molecule has 2 aromatic carbocycles. The Hall–Kier alpha value is -2.69. The summed E-state index contributed by atoms with van der Waals surface area (Å²) in [7, 11) is 0. The molecular weight excluding hydrogens is 259 g/mol. The first kappa shape index (κ1) is 12.3. The molecule has 3 aromatic rings. The van der Waals surface area contributed by atoms with E-state index in [4.69, 9.17) is 5.11 Å². The van der Waals surface area contributed by atoms with Gasteiger partial charge in [-0.3, -0.25) is 4.68 Å². The summed E-state index contributed by atoms with van der Waals surface area (Å²) in [5, 5.41) is 14.3. The van der Waals surface area contributed by atoms with Gasteiger partial charge in [-0.15, -0.1) is 0 Å². The van der Waals surface area contributed by atoms with Gasteiger partial charge in [-0.2, -0.15) is 5.10 Å². The van der Waals surface area contributed by atoms with Gasteiger partial charge < -0.3 is 5.11 Å². The highest BCUT2D eigenvalue weighted by Crippen LogP contribution is 2.17. The number of para-hydroxylation sites is 1. The molecule has 20 heavy (non-hydrogen) atoms. The minimum absolute atomic E-state index is 0.0889. The van der Waals surface area contributed by atoms with E-state index in [0.717, 1.165) is 17.0 Å². The van der Waals surface area contributed by atoms with E-state index in [2.05, 4.69) is 5.10 Å². The smallest absolute Gasteiger partial charge is 0.336 e. The van der Waals surface area contributed by atoms with Crippen LogP contribution in [0.2, 0.25) is 0 Å². The van der Waals surface area contributed by atoms with E-state index >= 15 is 0 Å². The lowest BCUT2D eigenvalue weighted by molar-refractivity contribution is 0.0695. The predicted octanol–water partition coefficient (Wildman–Crippen LogP) is 2.92. The molecule has 3 rings (SSSR count). The standard InChI is InChI=1S/C15H11FN2O2/c16-12-5-6-13(15(19)20)11(7-12)9-18-14-4-2-1-3-10(14)8-17-18/h1-8H,9H2,(H,19,20). The average Bonchev–Trinajstić information content (AvgIpc) is 2.82. The lowest BCUT2D eigenvalue weighted by Gasteiger charge is -2.07. The van der Waals surface area contributed by atoms with Crippen LogP contribution in [0, 0.1) is 5.82 Å². The van der Waals surface area contributed by atoms with Crippen molar-refractivity contribution in [1.82, 2.24) is 9.78 Å². The lowest BCUT2D eigenvalue weighted by Crippen LogP contribution is -2.08. The van der Waals surface area contributed by atoms with Crippen LogP contribution in [0.5, 0.6) is 0 Å². The Morgan fingerprint density at radius 3 is 2.85 bits per heavy atom. The van der Waals surface area contributed by atoms with Crippen LogP contribution in [-0.2, 0) is 6.54 Å². The molecule has 0 aliphatic carbocycles. The fourth-order valence-corrected chi connectivity index (χ4v) is 2.21. The Labute approximate surface area is 114 Å². The van der Waals surface area contributed by atoms with Crippen molar-refractivity contribution in [2.75, 3.05) is 0 Å². The number of fused-ring (bicyclic) bond motifs is 1. The van der Waals surface area contributed by atoms with Gasteiger partial charge in [-0.1, -0.05) is 18.2 Å². The van der Waals surface area contributed by atoms with Crippen molar-refractivity contribution in [1.29, 1.82) is 0 Å². The highest BCUT2D eigenvalue weighted by molar-refractivity contribution is 5.89. The van der Waals surface area contributed by atoms with Gasteiger partial charge >= 0.3 is 5.97 Å². The summed E-state index contributed by atoms with van der Waals surface area (Å²) in [4.78, 5) is 11.2. The molecule has 0 bridgehead atoms. The maximum absolute atomic E-state index is 13.3. The normalized spacial score (nSPS) is 10.8. The second-order valence-electron chi connectivity index (χ2n) is 4.47. The van der Waals surface area contributed by atoms with E-state index in [9.17, 15) is 9.18 Å². The summed E-state index contributed by atoms with van der Waals surface area (Å²) in [6.07, 6.45) is 1.70. The monoisotopic (exact) mass is 270 g/mol. The third-order valence-electron chi connectivity index (χ3n) is 3.17. The minimum atomic E-state index is -1.07. The van der Waals surface area contributed by atoms with E-state index in [1.165, 1.54) is 12.1 Å². The molecule has 0 amide bonds. The molecule has 1 aromatic heterocycles. The van der Waals surface area contributed by atoms with Gasteiger partial charge in [-0.25, -0.2) is 9.18 Å². The van der Waals surface area contributed by atoms with Crippen LogP contribution in [-0.4, -0.2) is 20.9 Å². The number of carbonyl (C=O) groups is 1. The topological polar surface area (TPSA) is 55.1 Å². The quantitative estimate of drug-likeness (QED) is 0.796. The number of carboxylic acid groups (broad SMARTS) is 1. The minimum Gasteiger partial charge on any atom is -0.478 e. The van der Waals surface area contributed by atoms with Crippen LogP contribution in [0.4, 0.5) is 4.39 Å². The van der Waals surface area contributed by atoms with Gasteiger partial charge in [0, 0.05) is 5.39 Å².